The van der Waals surface area contributed by atoms with E-state index in [0.29, 0.717) is 0 Å². The van der Waals surface area contributed by atoms with Gasteiger partial charge in [-0.25, -0.2) is 0 Å². The molecule has 3 aliphatic carbocycles. The normalized spacial score (nSPS) is 16.0. The van der Waals surface area contributed by atoms with Gasteiger partial charge in [0.25, 0.3) is 0 Å². The number of benzene rings is 9. The molecule has 1 atom stereocenters. The molecule has 10 aromatic rings. The van der Waals surface area contributed by atoms with Crippen LogP contribution in [-0.4, -0.2) is 0 Å². The lowest BCUT2D eigenvalue weighted by molar-refractivity contribution is 0.660. The summed E-state index contributed by atoms with van der Waals surface area (Å²) in [7, 11) is 0. The van der Waals surface area contributed by atoms with E-state index in [1.54, 1.807) is 0 Å². The number of thiophene rings is 1. The second-order valence-corrected chi connectivity index (χ2v) is 18.2. The lowest BCUT2D eigenvalue weighted by Crippen LogP contribution is -2.26. The SMILES string of the molecule is CC1(C)c2ccccc2-c2ccc(N(c3cccc(-c4ccccc4)c3)c3ccc4c(c3)C3(c5ccccc5-4)c4ccccc4-c4c3ccc3c4sc4ccccc43)cc21. The molecule has 282 valence electrons. The molecule has 1 heterocycles. The van der Waals surface area contributed by atoms with Crippen LogP contribution in [0.2, 0.25) is 0 Å². The Morgan fingerprint density at radius 1 is 0.367 bits per heavy atom. The van der Waals surface area contributed by atoms with Crippen LogP contribution in [0.4, 0.5) is 17.1 Å². The Bertz CT molecular complexity index is 3420. The number of hydrogen-bond donors (Lipinski definition) is 0. The molecule has 2 heteroatoms. The van der Waals surface area contributed by atoms with E-state index in [0.717, 1.165) is 17.1 Å². The van der Waals surface area contributed by atoms with Gasteiger partial charge in [0.05, 0.1) is 5.41 Å². The third-order valence-corrected chi connectivity index (χ3v) is 15.1. The number of rotatable bonds is 4. The third kappa shape index (κ3) is 4.41. The summed E-state index contributed by atoms with van der Waals surface area (Å²) in [6.45, 7) is 4.75. The predicted molar refractivity (Wildman–Crippen MR) is 253 cm³/mol. The van der Waals surface area contributed by atoms with Crippen LogP contribution in [0.25, 0.3) is 64.7 Å². The summed E-state index contributed by atoms with van der Waals surface area (Å²) < 4.78 is 2.71. The van der Waals surface area contributed by atoms with Crippen LogP contribution in [-0.2, 0) is 10.8 Å². The first kappa shape index (κ1) is 33.9. The lowest BCUT2D eigenvalue weighted by atomic mass is 9.70. The van der Waals surface area contributed by atoms with Crippen LogP contribution in [0.1, 0.15) is 47.2 Å². The Morgan fingerprint density at radius 2 is 0.933 bits per heavy atom. The highest BCUT2D eigenvalue weighted by Crippen LogP contribution is 2.65. The highest BCUT2D eigenvalue weighted by molar-refractivity contribution is 7.26. The second-order valence-electron chi connectivity index (χ2n) is 17.2. The van der Waals surface area contributed by atoms with E-state index < -0.39 is 5.41 Å². The zero-order valence-electron chi connectivity index (χ0n) is 33.4. The van der Waals surface area contributed by atoms with Crippen molar-refractivity contribution in [1.29, 1.82) is 0 Å². The number of nitrogens with zero attached hydrogens (tertiary/aromatic N) is 1. The molecule has 0 amide bonds. The lowest BCUT2D eigenvalue weighted by Gasteiger charge is -2.32. The van der Waals surface area contributed by atoms with Crippen molar-refractivity contribution < 1.29 is 0 Å². The van der Waals surface area contributed by atoms with Gasteiger partial charge in [-0.3, -0.25) is 0 Å². The summed E-state index contributed by atoms with van der Waals surface area (Å²) in [6.07, 6.45) is 0. The van der Waals surface area contributed by atoms with Crippen molar-refractivity contribution in [3.8, 4) is 44.5 Å². The van der Waals surface area contributed by atoms with Crippen LogP contribution < -0.4 is 4.90 Å². The van der Waals surface area contributed by atoms with Gasteiger partial charge in [0.15, 0.2) is 0 Å². The molecule has 0 fully saturated rings. The molecule has 0 saturated carbocycles. The third-order valence-electron chi connectivity index (χ3n) is 13.9. The molecule has 60 heavy (non-hydrogen) atoms. The molecule has 1 unspecified atom stereocenters. The fraction of sp³-hybridized carbons (Fsp3) is 0.0690. The maximum absolute atomic E-state index is 2.53. The molecule has 0 aliphatic heterocycles. The van der Waals surface area contributed by atoms with Gasteiger partial charge in [-0.1, -0.05) is 172 Å². The van der Waals surface area contributed by atoms with Gasteiger partial charge in [-0.05, 0) is 115 Å². The van der Waals surface area contributed by atoms with Gasteiger partial charge in [0.2, 0.25) is 0 Å². The molecule has 1 nitrogen and oxygen atoms in total. The number of fused-ring (bicyclic) bond motifs is 17. The Labute approximate surface area is 354 Å². The van der Waals surface area contributed by atoms with E-state index in [2.05, 4.69) is 219 Å². The Kier molecular flexibility index (Phi) is 6.94. The van der Waals surface area contributed by atoms with Crippen LogP contribution in [0.3, 0.4) is 0 Å². The molecule has 1 spiro atoms. The van der Waals surface area contributed by atoms with Crippen molar-refractivity contribution in [3.63, 3.8) is 0 Å². The minimum absolute atomic E-state index is 0.127. The van der Waals surface area contributed by atoms with Crippen molar-refractivity contribution in [3.05, 3.63) is 234 Å². The predicted octanol–water partition coefficient (Wildman–Crippen LogP) is 15.8. The van der Waals surface area contributed by atoms with Gasteiger partial charge in [0.1, 0.15) is 0 Å². The van der Waals surface area contributed by atoms with E-state index in [1.807, 2.05) is 11.3 Å². The average Bonchev–Trinajstić information content (AvgIpc) is 3.99. The van der Waals surface area contributed by atoms with E-state index >= 15 is 0 Å². The molecule has 0 saturated heterocycles. The molecule has 0 radical (unpaired) electrons. The summed E-state index contributed by atoms with van der Waals surface area (Å²) in [5.74, 6) is 0. The van der Waals surface area contributed by atoms with E-state index in [4.69, 9.17) is 0 Å². The molecule has 1 aromatic heterocycles. The van der Waals surface area contributed by atoms with Crippen LogP contribution in [0.5, 0.6) is 0 Å². The Morgan fingerprint density at radius 3 is 1.72 bits per heavy atom. The summed E-state index contributed by atoms with van der Waals surface area (Å²) >= 11 is 1.93. The van der Waals surface area contributed by atoms with Crippen LogP contribution in [0.15, 0.2) is 200 Å². The van der Waals surface area contributed by atoms with Crippen molar-refractivity contribution in [2.24, 2.45) is 0 Å². The number of hydrogen-bond acceptors (Lipinski definition) is 2. The van der Waals surface area contributed by atoms with E-state index in [1.165, 1.54) is 98.1 Å². The topological polar surface area (TPSA) is 3.24 Å². The summed E-state index contributed by atoms with van der Waals surface area (Å²) in [6, 6.07) is 75.3. The summed E-state index contributed by atoms with van der Waals surface area (Å²) in [5.41, 5.74) is 21.4. The molecular weight excluding hydrogens is 743 g/mol. The van der Waals surface area contributed by atoms with Gasteiger partial charge in [-0.15, -0.1) is 11.3 Å². The molecular formula is C58H39NS. The van der Waals surface area contributed by atoms with Crippen molar-refractivity contribution in [1.82, 2.24) is 0 Å². The Balaban J connectivity index is 1.08. The van der Waals surface area contributed by atoms with Crippen molar-refractivity contribution in [2.45, 2.75) is 24.7 Å². The fourth-order valence-corrected chi connectivity index (χ4v) is 12.5. The number of anilines is 3. The molecule has 3 aliphatic rings. The van der Waals surface area contributed by atoms with Crippen molar-refractivity contribution in [2.75, 3.05) is 4.90 Å². The van der Waals surface area contributed by atoms with Crippen LogP contribution >= 0.6 is 11.3 Å². The molecule has 0 N–H and O–H groups in total. The van der Waals surface area contributed by atoms with Crippen LogP contribution in [0, 0.1) is 0 Å². The average molecular weight is 782 g/mol. The molecule has 13 rings (SSSR count). The smallest absolute Gasteiger partial charge is 0.0726 e. The van der Waals surface area contributed by atoms with E-state index in [-0.39, 0.29) is 5.41 Å². The minimum atomic E-state index is -0.475. The first-order chi connectivity index (χ1) is 29.5. The molecule has 9 aromatic carbocycles. The highest BCUT2D eigenvalue weighted by Gasteiger charge is 2.52. The highest BCUT2D eigenvalue weighted by atomic mass is 32.1. The summed E-state index contributed by atoms with van der Waals surface area (Å²) in [5, 5.41) is 2.68. The quantitative estimate of drug-likeness (QED) is 0.172. The second kappa shape index (κ2) is 12.3. The van der Waals surface area contributed by atoms with Crippen molar-refractivity contribution >= 4 is 48.6 Å². The standard InChI is InChI=1S/C58H39NS/c1-57(2)48-23-10-6-19-41(48)43-29-27-39(34-52(43)57)59(38-18-14-17-37(33-38)36-15-4-3-5-16-36)40-28-30-44-42-20-7-11-24-49(42)58(53(44)35-40)50-25-12-8-22-47(50)55-51(58)32-31-46-45-21-9-13-26-54(45)60-56(46)55/h3-35H,1-2H3. The van der Waals surface area contributed by atoms with Gasteiger partial charge < -0.3 is 4.90 Å². The zero-order valence-corrected chi connectivity index (χ0v) is 34.2. The summed E-state index contributed by atoms with van der Waals surface area (Å²) in [4.78, 5) is 2.50. The van der Waals surface area contributed by atoms with Gasteiger partial charge in [-0.2, -0.15) is 0 Å². The monoisotopic (exact) mass is 781 g/mol. The zero-order chi connectivity index (χ0) is 39.7. The maximum atomic E-state index is 2.53. The maximum Gasteiger partial charge on any atom is 0.0726 e. The Hall–Kier alpha value is -7.00. The van der Waals surface area contributed by atoms with Gasteiger partial charge >= 0.3 is 0 Å². The first-order valence-electron chi connectivity index (χ1n) is 21.0. The van der Waals surface area contributed by atoms with E-state index in [9.17, 15) is 0 Å². The first-order valence-corrected chi connectivity index (χ1v) is 21.8. The minimum Gasteiger partial charge on any atom is -0.310 e. The van der Waals surface area contributed by atoms with Gasteiger partial charge in [0, 0.05) is 48.2 Å². The molecule has 0 bridgehead atoms. The fourth-order valence-electron chi connectivity index (χ4n) is 11.3. The largest absolute Gasteiger partial charge is 0.310 e.